The van der Waals surface area contributed by atoms with E-state index in [0.29, 0.717) is 5.92 Å². The van der Waals surface area contributed by atoms with Gasteiger partial charge in [0.15, 0.2) is 0 Å². The summed E-state index contributed by atoms with van der Waals surface area (Å²) in [5.41, 5.74) is 6.10. The molecule has 4 saturated heterocycles. The van der Waals surface area contributed by atoms with Crippen LogP contribution in [0.5, 0.6) is 0 Å². The lowest BCUT2D eigenvalue weighted by Crippen LogP contribution is -2.76. The Kier molecular flexibility index (Phi) is 2.57. The summed E-state index contributed by atoms with van der Waals surface area (Å²) in [7, 11) is 0. The number of nitrogens with zero attached hydrogens (tertiary/aromatic N) is 2. The van der Waals surface area contributed by atoms with Crippen LogP contribution < -0.4 is 5.73 Å². The maximum absolute atomic E-state index is 10.7. The van der Waals surface area contributed by atoms with Gasteiger partial charge in [0, 0.05) is 44.7 Å². The molecule has 3 N–H and O–H groups in total. The molecule has 4 bridgehead atoms. The van der Waals surface area contributed by atoms with Crippen LogP contribution in [-0.4, -0.2) is 65.8 Å². The zero-order valence-electron chi connectivity index (χ0n) is 11.0. The first-order valence-corrected chi connectivity index (χ1v) is 6.85. The minimum absolute atomic E-state index is 0.00984. The van der Waals surface area contributed by atoms with Crippen molar-refractivity contribution in [1.29, 1.82) is 0 Å². The lowest BCUT2D eigenvalue weighted by atomic mass is 9.63. The first-order chi connectivity index (χ1) is 7.93. The summed E-state index contributed by atoms with van der Waals surface area (Å²) >= 11 is 0. The molecule has 3 atom stereocenters. The normalized spacial score (nSPS) is 53.1. The molecule has 17 heavy (non-hydrogen) atoms. The summed E-state index contributed by atoms with van der Waals surface area (Å²) < 4.78 is 0. The Bertz CT molecular complexity index is 302. The Hall–Kier alpha value is -0.160. The number of nitrogens with two attached hydrogens (primary N) is 1. The van der Waals surface area contributed by atoms with Crippen LogP contribution in [-0.2, 0) is 0 Å². The molecule has 4 rings (SSSR count). The number of rotatable bonds is 2. The van der Waals surface area contributed by atoms with E-state index in [-0.39, 0.29) is 11.5 Å². The predicted molar refractivity (Wildman–Crippen MR) is 67.7 cm³/mol. The third kappa shape index (κ3) is 1.73. The van der Waals surface area contributed by atoms with Crippen molar-refractivity contribution < 1.29 is 5.11 Å². The Morgan fingerprint density at radius 2 is 1.71 bits per heavy atom. The van der Waals surface area contributed by atoms with Crippen LogP contribution in [0.3, 0.4) is 0 Å². The Morgan fingerprint density at radius 3 is 2.18 bits per heavy atom. The molecule has 4 heterocycles. The van der Waals surface area contributed by atoms with Crippen LogP contribution >= 0.6 is 0 Å². The molecule has 0 aromatic carbocycles. The zero-order chi connectivity index (χ0) is 12.3. The molecule has 3 unspecified atom stereocenters. The second-order valence-corrected chi connectivity index (χ2v) is 7.02. The van der Waals surface area contributed by atoms with Crippen LogP contribution in [0.2, 0.25) is 0 Å². The van der Waals surface area contributed by atoms with Crippen LogP contribution in [0.4, 0.5) is 0 Å². The lowest BCUT2D eigenvalue weighted by molar-refractivity contribution is -0.136. The molecule has 4 fully saturated rings. The van der Waals surface area contributed by atoms with Crippen molar-refractivity contribution >= 4 is 0 Å². The molecule has 98 valence electrons. The summed E-state index contributed by atoms with van der Waals surface area (Å²) in [6.07, 6.45) is 0.753. The summed E-state index contributed by atoms with van der Waals surface area (Å²) in [6.45, 7) is 10.5. The van der Waals surface area contributed by atoms with Crippen molar-refractivity contribution in [2.45, 2.75) is 31.9 Å². The summed E-state index contributed by atoms with van der Waals surface area (Å²) in [6, 6.07) is 0. The molecule has 4 aliphatic heterocycles. The highest BCUT2D eigenvalue weighted by atomic mass is 16.3. The third-order valence-corrected chi connectivity index (χ3v) is 4.78. The van der Waals surface area contributed by atoms with Gasteiger partial charge >= 0.3 is 0 Å². The van der Waals surface area contributed by atoms with Crippen molar-refractivity contribution in [3.8, 4) is 0 Å². The number of aliphatic hydroxyl groups excluding tert-OH is 1. The van der Waals surface area contributed by atoms with Gasteiger partial charge in [0.25, 0.3) is 0 Å². The molecular formula is C13H25N3O. The molecular weight excluding hydrogens is 214 g/mol. The van der Waals surface area contributed by atoms with Gasteiger partial charge in [-0.05, 0) is 12.3 Å². The number of hydrogen-bond acceptors (Lipinski definition) is 4. The van der Waals surface area contributed by atoms with E-state index in [4.69, 9.17) is 5.73 Å². The summed E-state index contributed by atoms with van der Waals surface area (Å²) in [4.78, 5) is 4.95. The zero-order valence-corrected chi connectivity index (χ0v) is 11.0. The van der Waals surface area contributed by atoms with Gasteiger partial charge in [-0.25, -0.2) is 0 Å². The first-order valence-electron chi connectivity index (χ1n) is 6.85. The van der Waals surface area contributed by atoms with Gasteiger partial charge in [-0.1, -0.05) is 13.8 Å². The maximum atomic E-state index is 10.7. The molecule has 4 nitrogen and oxygen atoms in total. The largest absolute Gasteiger partial charge is 0.390 e. The van der Waals surface area contributed by atoms with Gasteiger partial charge in [0.1, 0.15) is 0 Å². The maximum Gasteiger partial charge on any atom is 0.0825 e. The molecule has 4 heteroatoms. The topological polar surface area (TPSA) is 52.7 Å². The van der Waals surface area contributed by atoms with E-state index in [1.165, 1.54) is 0 Å². The second-order valence-electron chi connectivity index (χ2n) is 7.02. The number of fused-ring (bicyclic) bond motifs is 1. The standard InChI is InChI=1S/C13H25N3O/c1-10(2)5-12-6-15-3-4-16(7-12)9-13(14,8-15)11(12)17/h10-11,17H,3-9,14H2,1-2H3. The van der Waals surface area contributed by atoms with Gasteiger partial charge in [0.2, 0.25) is 0 Å². The summed E-state index contributed by atoms with van der Waals surface area (Å²) in [5.74, 6) is 0.617. The highest BCUT2D eigenvalue weighted by Gasteiger charge is 2.59. The van der Waals surface area contributed by atoms with Crippen molar-refractivity contribution in [2.75, 3.05) is 39.3 Å². The van der Waals surface area contributed by atoms with Gasteiger partial charge in [-0.15, -0.1) is 0 Å². The minimum Gasteiger partial charge on any atom is -0.390 e. The van der Waals surface area contributed by atoms with Crippen molar-refractivity contribution in [2.24, 2.45) is 17.1 Å². The second kappa shape index (κ2) is 3.67. The number of piperidine rings is 2. The predicted octanol–water partition coefficient (Wildman–Crippen LogP) is -0.278. The molecule has 0 aromatic rings. The fourth-order valence-electron chi connectivity index (χ4n) is 4.54. The first kappa shape index (κ1) is 11.9. The van der Waals surface area contributed by atoms with Gasteiger partial charge in [0.05, 0.1) is 11.6 Å². The smallest absolute Gasteiger partial charge is 0.0825 e. The molecule has 0 spiro atoms. The fraction of sp³-hybridized carbons (Fsp3) is 1.00. The fourth-order valence-corrected chi connectivity index (χ4v) is 4.54. The Labute approximate surface area is 104 Å². The Morgan fingerprint density at radius 1 is 1.18 bits per heavy atom. The quantitative estimate of drug-likeness (QED) is 0.696. The minimum atomic E-state index is -0.401. The Balaban J connectivity index is 1.97. The van der Waals surface area contributed by atoms with Crippen LogP contribution in [0.15, 0.2) is 0 Å². The molecule has 0 amide bonds. The number of hydrogen-bond donors (Lipinski definition) is 2. The van der Waals surface area contributed by atoms with Gasteiger partial charge < -0.3 is 10.8 Å². The van der Waals surface area contributed by atoms with E-state index in [2.05, 4.69) is 23.6 Å². The van der Waals surface area contributed by atoms with E-state index in [0.717, 1.165) is 45.7 Å². The SMILES string of the molecule is CC(C)CC12CN3CCN(CC(N)(C3)C1O)C2. The van der Waals surface area contributed by atoms with Crippen LogP contribution in [0, 0.1) is 11.3 Å². The molecule has 4 aliphatic rings. The number of aliphatic hydroxyl groups is 1. The van der Waals surface area contributed by atoms with E-state index < -0.39 is 5.54 Å². The molecule has 0 saturated carbocycles. The average molecular weight is 239 g/mol. The van der Waals surface area contributed by atoms with Gasteiger partial charge in [-0.3, -0.25) is 9.80 Å². The van der Waals surface area contributed by atoms with E-state index in [1.807, 2.05) is 0 Å². The van der Waals surface area contributed by atoms with Crippen LogP contribution in [0.1, 0.15) is 20.3 Å². The van der Waals surface area contributed by atoms with Crippen molar-refractivity contribution in [1.82, 2.24) is 9.80 Å². The van der Waals surface area contributed by atoms with Gasteiger partial charge in [-0.2, -0.15) is 0 Å². The van der Waals surface area contributed by atoms with Crippen molar-refractivity contribution in [3.63, 3.8) is 0 Å². The average Bonchev–Trinajstić information content (AvgIpc) is 2.40. The van der Waals surface area contributed by atoms with E-state index in [9.17, 15) is 5.11 Å². The molecule has 0 aliphatic carbocycles. The van der Waals surface area contributed by atoms with Crippen LogP contribution in [0.25, 0.3) is 0 Å². The van der Waals surface area contributed by atoms with Crippen molar-refractivity contribution in [3.05, 3.63) is 0 Å². The summed E-state index contributed by atoms with van der Waals surface area (Å²) in [5, 5.41) is 10.7. The molecule has 0 radical (unpaired) electrons. The monoisotopic (exact) mass is 239 g/mol. The van der Waals surface area contributed by atoms with E-state index in [1.54, 1.807) is 0 Å². The lowest BCUT2D eigenvalue weighted by Gasteiger charge is -2.58. The highest BCUT2D eigenvalue weighted by molar-refractivity contribution is 5.16. The van der Waals surface area contributed by atoms with E-state index >= 15 is 0 Å². The third-order valence-electron chi connectivity index (χ3n) is 4.78. The molecule has 0 aromatic heterocycles. The highest BCUT2D eigenvalue weighted by Crippen LogP contribution is 2.45.